The Morgan fingerprint density at radius 3 is 2.58 bits per heavy atom. The van der Waals surface area contributed by atoms with Gasteiger partial charge in [-0.25, -0.2) is 9.37 Å². The molecule has 2 saturated heterocycles. The molecule has 2 aromatic carbocycles. The SMILES string of the molecule is Nc1ncc(-c2ccc(C(=O)N3CCC[C@H]3CN3CCCC3)cc2)cc1OCc1ccc(F)cc1Cl. The molecule has 188 valence electrons. The molecule has 2 N–H and O–H groups in total. The van der Waals surface area contributed by atoms with Crippen LogP contribution < -0.4 is 10.5 Å². The number of nitrogens with two attached hydrogens (primary N) is 1. The smallest absolute Gasteiger partial charge is 0.254 e. The summed E-state index contributed by atoms with van der Waals surface area (Å²) in [4.78, 5) is 22.1. The average molecular weight is 509 g/mol. The van der Waals surface area contributed by atoms with Crippen LogP contribution in [0.5, 0.6) is 5.75 Å². The van der Waals surface area contributed by atoms with E-state index in [9.17, 15) is 9.18 Å². The van der Waals surface area contributed by atoms with Crippen molar-refractivity contribution < 1.29 is 13.9 Å². The molecule has 0 bridgehead atoms. The summed E-state index contributed by atoms with van der Waals surface area (Å²) < 4.78 is 19.1. The fourth-order valence-electron chi connectivity index (χ4n) is 5.05. The number of nitrogens with zero attached hydrogens (tertiary/aromatic N) is 3. The van der Waals surface area contributed by atoms with Gasteiger partial charge in [-0.1, -0.05) is 29.8 Å². The third-order valence-corrected chi connectivity index (χ3v) is 7.40. The lowest BCUT2D eigenvalue weighted by molar-refractivity contribution is 0.0709. The van der Waals surface area contributed by atoms with Crippen LogP contribution in [0.15, 0.2) is 54.7 Å². The summed E-state index contributed by atoms with van der Waals surface area (Å²) in [6, 6.07) is 13.9. The molecule has 1 atom stereocenters. The van der Waals surface area contributed by atoms with Gasteiger partial charge in [0.05, 0.1) is 5.02 Å². The molecule has 8 heteroatoms. The van der Waals surface area contributed by atoms with E-state index in [1.54, 1.807) is 12.3 Å². The minimum atomic E-state index is -0.402. The van der Waals surface area contributed by atoms with Crippen LogP contribution >= 0.6 is 11.6 Å². The maximum absolute atomic E-state index is 13.3. The first-order valence-corrected chi connectivity index (χ1v) is 12.8. The topological polar surface area (TPSA) is 71.7 Å². The molecule has 36 heavy (non-hydrogen) atoms. The normalized spacial score (nSPS) is 18.1. The number of pyridine rings is 1. The van der Waals surface area contributed by atoms with Gasteiger partial charge in [-0.15, -0.1) is 0 Å². The summed E-state index contributed by atoms with van der Waals surface area (Å²) in [6.07, 6.45) is 6.33. The lowest BCUT2D eigenvalue weighted by atomic mass is 10.0. The van der Waals surface area contributed by atoms with Gasteiger partial charge in [-0.2, -0.15) is 0 Å². The Morgan fingerprint density at radius 2 is 1.83 bits per heavy atom. The zero-order chi connectivity index (χ0) is 25.1. The number of halogens is 2. The maximum Gasteiger partial charge on any atom is 0.254 e. The van der Waals surface area contributed by atoms with Gasteiger partial charge in [-0.3, -0.25) is 4.79 Å². The van der Waals surface area contributed by atoms with Gasteiger partial charge < -0.3 is 20.3 Å². The average Bonchev–Trinajstić information content (AvgIpc) is 3.57. The number of hydrogen-bond acceptors (Lipinski definition) is 5. The van der Waals surface area contributed by atoms with Crippen LogP contribution in [-0.4, -0.2) is 52.9 Å². The van der Waals surface area contributed by atoms with Gasteiger partial charge in [0, 0.05) is 42.0 Å². The number of hydrogen-bond donors (Lipinski definition) is 1. The number of benzene rings is 2. The number of aromatic nitrogens is 1. The summed E-state index contributed by atoms with van der Waals surface area (Å²) in [6.45, 7) is 4.22. The number of nitrogen functional groups attached to an aromatic ring is 1. The monoisotopic (exact) mass is 508 g/mol. The molecule has 0 aliphatic carbocycles. The highest BCUT2D eigenvalue weighted by Gasteiger charge is 2.31. The molecule has 0 unspecified atom stereocenters. The van der Waals surface area contributed by atoms with Gasteiger partial charge in [0.1, 0.15) is 12.4 Å². The van der Waals surface area contributed by atoms with Gasteiger partial charge in [0.15, 0.2) is 11.6 Å². The van der Waals surface area contributed by atoms with E-state index in [4.69, 9.17) is 22.1 Å². The standard InChI is InChI=1S/C28H30ClFN4O2/c29-25-15-23(30)10-9-21(25)18-36-26-14-22(16-32-27(26)31)19-5-7-20(8-6-19)28(35)34-13-3-4-24(34)17-33-11-1-2-12-33/h5-10,14-16,24H,1-4,11-13,17-18H2,(H2,31,32)/t24-/m0/s1. The van der Waals surface area contributed by atoms with E-state index in [2.05, 4.69) is 9.88 Å². The predicted molar refractivity (Wildman–Crippen MR) is 140 cm³/mol. The van der Waals surface area contributed by atoms with Crippen molar-refractivity contribution >= 4 is 23.3 Å². The minimum absolute atomic E-state index is 0.0962. The summed E-state index contributed by atoms with van der Waals surface area (Å²) in [5, 5.41) is 0.290. The lowest BCUT2D eigenvalue weighted by Gasteiger charge is -2.28. The summed E-state index contributed by atoms with van der Waals surface area (Å²) >= 11 is 6.10. The number of anilines is 1. The number of carbonyl (C=O) groups is 1. The zero-order valence-electron chi connectivity index (χ0n) is 20.1. The molecule has 3 aromatic rings. The maximum atomic E-state index is 13.3. The van der Waals surface area contributed by atoms with Gasteiger partial charge >= 0.3 is 0 Å². The molecule has 3 heterocycles. The van der Waals surface area contributed by atoms with Gasteiger partial charge in [0.25, 0.3) is 5.91 Å². The van der Waals surface area contributed by atoms with Crippen molar-refractivity contribution in [1.82, 2.24) is 14.8 Å². The van der Waals surface area contributed by atoms with Crippen molar-refractivity contribution in [2.75, 3.05) is 31.9 Å². The molecule has 2 fully saturated rings. The minimum Gasteiger partial charge on any atom is -0.485 e. The van der Waals surface area contributed by atoms with Crippen molar-refractivity contribution in [3.8, 4) is 16.9 Å². The number of likely N-dealkylation sites (tertiary alicyclic amines) is 2. The van der Waals surface area contributed by atoms with Gasteiger partial charge in [-0.05, 0) is 74.7 Å². The van der Waals surface area contributed by atoms with E-state index in [-0.39, 0.29) is 18.3 Å². The Hall–Kier alpha value is -3.16. The van der Waals surface area contributed by atoms with E-state index in [0.717, 1.165) is 50.1 Å². The molecular formula is C28H30ClFN4O2. The molecule has 6 nitrogen and oxygen atoms in total. The largest absolute Gasteiger partial charge is 0.485 e. The van der Waals surface area contributed by atoms with E-state index in [0.29, 0.717) is 27.9 Å². The van der Waals surface area contributed by atoms with E-state index in [1.807, 2.05) is 35.2 Å². The third-order valence-electron chi connectivity index (χ3n) is 7.05. The molecule has 2 aliphatic heterocycles. The number of carbonyl (C=O) groups excluding carboxylic acids is 1. The van der Waals surface area contributed by atoms with Crippen molar-refractivity contribution in [1.29, 1.82) is 0 Å². The zero-order valence-corrected chi connectivity index (χ0v) is 20.9. The lowest BCUT2D eigenvalue weighted by Crippen LogP contribution is -2.42. The second kappa shape index (κ2) is 10.8. The summed E-state index contributed by atoms with van der Waals surface area (Å²) in [5.74, 6) is 0.358. The highest BCUT2D eigenvalue weighted by molar-refractivity contribution is 6.31. The fraction of sp³-hybridized carbons (Fsp3) is 0.357. The van der Waals surface area contributed by atoms with Crippen LogP contribution in [0.2, 0.25) is 5.02 Å². The van der Waals surface area contributed by atoms with Crippen LogP contribution in [0.25, 0.3) is 11.1 Å². The molecule has 5 rings (SSSR count). The highest BCUT2D eigenvalue weighted by Crippen LogP contribution is 2.30. The molecule has 0 spiro atoms. The number of amides is 1. The Morgan fingerprint density at radius 1 is 1.06 bits per heavy atom. The first kappa shape index (κ1) is 24.5. The Bertz CT molecular complexity index is 1230. The van der Waals surface area contributed by atoms with Crippen LogP contribution in [0.4, 0.5) is 10.2 Å². The molecule has 2 aliphatic rings. The van der Waals surface area contributed by atoms with Crippen molar-refractivity contribution in [2.45, 2.75) is 38.3 Å². The predicted octanol–water partition coefficient (Wildman–Crippen LogP) is 5.40. The molecule has 0 radical (unpaired) electrons. The second-order valence-corrected chi connectivity index (χ2v) is 9.92. The molecule has 1 aromatic heterocycles. The van der Waals surface area contributed by atoms with Crippen LogP contribution in [0, 0.1) is 5.82 Å². The Kier molecular flexibility index (Phi) is 7.39. The van der Waals surface area contributed by atoms with Crippen molar-refractivity contribution in [3.63, 3.8) is 0 Å². The second-order valence-electron chi connectivity index (χ2n) is 9.51. The summed E-state index contributed by atoms with van der Waals surface area (Å²) in [7, 11) is 0. The van der Waals surface area contributed by atoms with E-state index >= 15 is 0 Å². The third kappa shape index (κ3) is 5.47. The van der Waals surface area contributed by atoms with Gasteiger partial charge in [0.2, 0.25) is 0 Å². The van der Waals surface area contributed by atoms with Crippen LogP contribution in [0.1, 0.15) is 41.6 Å². The number of rotatable bonds is 7. The molecule has 1 amide bonds. The van der Waals surface area contributed by atoms with Crippen molar-refractivity contribution in [3.05, 3.63) is 76.7 Å². The quantitative estimate of drug-likeness (QED) is 0.462. The van der Waals surface area contributed by atoms with Crippen LogP contribution in [-0.2, 0) is 6.61 Å². The van der Waals surface area contributed by atoms with E-state index < -0.39 is 5.82 Å². The first-order valence-electron chi connectivity index (χ1n) is 12.4. The fourth-order valence-corrected chi connectivity index (χ4v) is 5.27. The summed E-state index contributed by atoms with van der Waals surface area (Å²) in [5.41, 5.74) is 9.08. The highest BCUT2D eigenvalue weighted by atomic mass is 35.5. The van der Waals surface area contributed by atoms with Crippen molar-refractivity contribution in [2.24, 2.45) is 0 Å². The van der Waals surface area contributed by atoms with Crippen LogP contribution in [0.3, 0.4) is 0 Å². The molecular weight excluding hydrogens is 479 g/mol. The van der Waals surface area contributed by atoms with E-state index in [1.165, 1.54) is 25.0 Å². The first-order chi connectivity index (χ1) is 17.5. The Labute approximate surface area is 215 Å². The Balaban J connectivity index is 1.27. The number of ether oxygens (including phenoxy) is 1. The molecule has 0 saturated carbocycles.